The summed E-state index contributed by atoms with van der Waals surface area (Å²) >= 11 is 0. The first kappa shape index (κ1) is 16.4. The first-order valence-corrected chi connectivity index (χ1v) is 6.98. The third kappa shape index (κ3) is 2.35. The number of halogens is 3. The van der Waals surface area contributed by atoms with Gasteiger partial charge in [-0.1, -0.05) is 0 Å². The molecule has 3 saturated heterocycles. The van der Waals surface area contributed by atoms with Crippen molar-refractivity contribution in [1.29, 1.82) is 0 Å². The molecule has 1 N–H and O–H groups in total. The molecule has 0 aromatic rings. The highest BCUT2D eigenvalue weighted by Crippen LogP contribution is 2.52. The third-order valence-electron chi connectivity index (χ3n) is 4.03. The van der Waals surface area contributed by atoms with Gasteiger partial charge in [0.05, 0.1) is 6.61 Å². The maximum absolute atomic E-state index is 13.6. The van der Waals surface area contributed by atoms with Crippen LogP contribution in [0.25, 0.3) is 0 Å². The molecule has 0 aromatic carbocycles. The molecule has 3 aliphatic rings. The Kier molecular flexibility index (Phi) is 3.39. The number of hydrogen-bond acceptors (Lipinski definition) is 6. The van der Waals surface area contributed by atoms with E-state index in [1.807, 2.05) is 0 Å². The van der Waals surface area contributed by atoms with Crippen molar-refractivity contribution in [2.45, 2.75) is 75.6 Å². The number of rotatable bonds is 1. The van der Waals surface area contributed by atoms with Gasteiger partial charge in [0.25, 0.3) is 0 Å². The Bertz CT molecular complexity index is 465. The van der Waals surface area contributed by atoms with E-state index >= 15 is 0 Å². The number of alkyl halides is 3. The molecule has 128 valence electrons. The third-order valence-corrected chi connectivity index (χ3v) is 4.03. The van der Waals surface area contributed by atoms with Crippen LogP contribution in [0.3, 0.4) is 0 Å². The summed E-state index contributed by atoms with van der Waals surface area (Å²) in [6, 6.07) is 0. The highest BCUT2D eigenvalue weighted by Gasteiger charge is 2.76. The Labute approximate surface area is 125 Å². The van der Waals surface area contributed by atoms with Crippen molar-refractivity contribution in [3.8, 4) is 0 Å². The molecule has 3 heterocycles. The van der Waals surface area contributed by atoms with E-state index < -0.39 is 48.0 Å². The Hall–Kier alpha value is -0.450. The molecule has 0 spiro atoms. The van der Waals surface area contributed by atoms with Gasteiger partial charge in [-0.05, 0) is 27.7 Å². The van der Waals surface area contributed by atoms with Crippen LogP contribution in [0.15, 0.2) is 0 Å². The fourth-order valence-electron chi connectivity index (χ4n) is 3.10. The van der Waals surface area contributed by atoms with Gasteiger partial charge in [-0.15, -0.1) is 0 Å². The molecule has 22 heavy (non-hydrogen) atoms. The minimum absolute atomic E-state index is 0.126. The van der Waals surface area contributed by atoms with E-state index in [2.05, 4.69) is 0 Å². The van der Waals surface area contributed by atoms with Crippen LogP contribution in [0.1, 0.15) is 27.7 Å². The summed E-state index contributed by atoms with van der Waals surface area (Å²) in [4.78, 5) is 0. The molecule has 0 aliphatic carbocycles. The summed E-state index contributed by atoms with van der Waals surface area (Å²) in [6.07, 6.45) is -10.8. The molecular weight excluding hydrogens is 309 g/mol. The Balaban J connectivity index is 1.92. The molecule has 3 rings (SSSR count). The highest BCUT2D eigenvalue weighted by molar-refractivity contribution is 5.12. The maximum Gasteiger partial charge on any atom is 0.422 e. The lowest BCUT2D eigenvalue weighted by atomic mass is 9.88. The van der Waals surface area contributed by atoms with Gasteiger partial charge < -0.3 is 28.8 Å². The molecule has 0 unspecified atom stereocenters. The second-order valence-electron chi connectivity index (χ2n) is 6.67. The van der Waals surface area contributed by atoms with Gasteiger partial charge in [0.1, 0.15) is 12.2 Å². The SMILES string of the molecule is CC1(C)OC[C@H]([C@H]2O[C@@H]3OC(C)(C)O[C@@H]3[C@@]2(O)C(F)(F)F)O1. The average Bonchev–Trinajstić information content (AvgIpc) is 2.90. The van der Waals surface area contributed by atoms with Crippen LogP contribution in [-0.2, 0) is 23.7 Å². The Morgan fingerprint density at radius 3 is 2.09 bits per heavy atom. The average molecular weight is 328 g/mol. The van der Waals surface area contributed by atoms with E-state index in [1.54, 1.807) is 13.8 Å². The summed E-state index contributed by atoms with van der Waals surface area (Å²) < 4.78 is 67.3. The lowest BCUT2D eigenvalue weighted by Crippen LogP contribution is -2.63. The predicted molar refractivity (Wildman–Crippen MR) is 64.6 cm³/mol. The van der Waals surface area contributed by atoms with Gasteiger partial charge in [-0.3, -0.25) is 0 Å². The van der Waals surface area contributed by atoms with Gasteiger partial charge in [0, 0.05) is 0 Å². The zero-order valence-electron chi connectivity index (χ0n) is 12.6. The summed E-state index contributed by atoms with van der Waals surface area (Å²) in [7, 11) is 0. The van der Waals surface area contributed by atoms with Crippen molar-refractivity contribution < 1.29 is 42.0 Å². The zero-order valence-corrected chi connectivity index (χ0v) is 12.6. The van der Waals surface area contributed by atoms with Crippen molar-refractivity contribution >= 4 is 0 Å². The largest absolute Gasteiger partial charge is 0.422 e. The lowest BCUT2D eigenvalue weighted by molar-refractivity contribution is -0.325. The molecule has 6 nitrogen and oxygen atoms in total. The van der Waals surface area contributed by atoms with E-state index in [-0.39, 0.29) is 6.61 Å². The van der Waals surface area contributed by atoms with E-state index in [4.69, 9.17) is 23.7 Å². The van der Waals surface area contributed by atoms with Crippen molar-refractivity contribution in [2.24, 2.45) is 0 Å². The van der Waals surface area contributed by atoms with Gasteiger partial charge in [-0.25, -0.2) is 0 Å². The zero-order chi connectivity index (χ0) is 16.6. The van der Waals surface area contributed by atoms with Crippen molar-refractivity contribution in [3.05, 3.63) is 0 Å². The normalized spacial score (nSPS) is 46.9. The van der Waals surface area contributed by atoms with Crippen LogP contribution < -0.4 is 0 Å². The van der Waals surface area contributed by atoms with Gasteiger partial charge in [-0.2, -0.15) is 13.2 Å². The highest BCUT2D eigenvalue weighted by atomic mass is 19.4. The van der Waals surface area contributed by atoms with Crippen LogP contribution in [0.4, 0.5) is 13.2 Å². The van der Waals surface area contributed by atoms with Crippen LogP contribution in [0.2, 0.25) is 0 Å². The van der Waals surface area contributed by atoms with Crippen LogP contribution in [0.5, 0.6) is 0 Å². The van der Waals surface area contributed by atoms with Crippen LogP contribution in [-0.4, -0.2) is 59.7 Å². The summed E-state index contributed by atoms with van der Waals surface area (Å²) in [6.45, 7) is 5.94. The molecule has 0 amide bonds. The van der Waals surface area contributed by atoms with Crippen LogP contribution in [0, 0.1) is 0 Å². The van der Waals surface area contributed by atoms with Crippen molar-refractivity contribution in [3.63, 3.8) is 0 Å². The second-order valence-corrected chi connectivity index (χ2v) is 6.67. The number of aliphatic hydroxyl groups is 1. The van der Waals surface area contributed by atoms with Gasteiger partial charge in [0.2, 0.25) is 5.60 Å². The smallest absolute Gasteiger partial charge is 0.376 e. The topological polar surface area (TPSA) is 66.4 Å². The fourth-order valence-corrected chi connectivity index (χ4v) is 3.10. The molecule has 0 saturated carbocycles. The number of hydrogen-bond donors (Lipinski definition) is 1. The lowest BCUT2D eigenvalue weighted by Gasteiger charge is -2.36. The quantitative estimate of drug-likeness (QED) is 0.783. The van der Waals surface area contributed by atoms with E-state index in [9.17, 15) is 18.3 Å². The maximum atomic E-state index is 13.6. The van der Waals surface area contributed by atoms with Crippen LogP contribution >= 0.6 is 0 Å². The second kappa shape index (κ2) is 4.55. The molecular formula is C13H19F3O6. The first-order valence-electron chi connectivity index (χ1n) is 6.98. The molecule has 3 aliphatic heterocycles. The molecule has 0 aromatic heterocycles. The Morgan fingerprint density at radius 2 is 1.59 bits per heavy atom. The Morgan fingerprint density at radius 1 is 0.955 bits per heavy atom. The fraction of sp³-hybridized carbons (Fsp3) is 1.00. The molecule has 0 radical (unpaired) electrons. The van der Waals surface area contributed by atoms with E-state index in [1.165, 1.54) is 13.8 Å². The van der Waals surface area contributed by atoms with Gasteiger partial charge >= 0.3 is 6.18 Å². The first-order chi connectivity index (χ1) is 9.86. The minimum atomic E-state index is -4.98. The van der Waals surface area contributed by atoms with Crippen molar-refractivity contribution in [2.75, 3.05) is 6.61 Å². The molecule has 9 heteroatoms. The number of ether oxygens (including phenoxy) is 5. The standard InChI is InChI=1S/C13H19F3O6/c1-10(2)18-5-6(20-10)7-12(17,13(14,15)16)8-9(19-7)22-11(3,4)21-8/h6-9,17H,5H2,1-4H3/t6-,7-,8+,9-,12-/m1/s1. The van der Waals surface area contributed by atoms with Crippen molar-refractivity contribution in [1.82, 2.24) is 0 Å². The van der Waals surface area contributed by atoms with E-state index in [0.29, 0.717) is 0 Å². The molecule has 0 bridgehead atoms. The monoisotopic (exact) mass is 328 g/mol. The summed E-state index contributed by atoms with van der Waals surface area (Å²) in [5.74, 6) is -2.31. The minimum Gasteiger partial charge on any atom is -0.376 e. The summed E-state index contributed by atoms with van der Waals surface area (Å²) in [5, 5.41) is 10.4. The molecule has 5 atom stereocenters. The van der Waals surface area contributed by atoms with Gasteiger partial charge in [0.15, 0.2) is 24.0 Å². The van der Waals surface area contributed by atoms with E-state index in [0.717, 1.165) is 0 Å². The summed E-state index contributed by atoms with van der Waals surface area (Å²) in [5.41, 5.74) is -3.24. The predicted octanol–water partition coefficient (Wildman–Crippen LogP) is 1.31. The molecule has 3 fully saturated rings. The number of fused-ring (bicyclic) bond motifs is 1.